The van der Waals surface area contributed by atoms with E-state index >= 15 is 0 Å². The molecule has 11 rings (SSSR count). The van der Waals surface area contributed by atoms with Crippen LogP contribution in [0.25, 0.3) is 72.4 Å². The van der Waals surface area contributed by atoms with Crippen LogP contribution in [0.5, 0.6) is 0 Å². The molecule has 3 heterocycles. The number of nitrogens with zero attached hydrogens (tertiary/aromatic N) is 4. The Morgan fingerprint density at radius 3 is 1.88 bits per heavy atom. The van der Waals surface area contributed by atoms with E-state index in [1.165, 1.54) is 61.0 Å². The summed E-state index contributed by atoms with van der Waals surface area (Å²) in [5, 5.41) is 2.49. The number of hydrogen-bond donors (Lipinski definition) is 0. The maximum absolute atomic E-state index is 5.26. The summed E-state index contributed by atoms with van der Waals surface area (Å²) < 4.78 is 2.39. The van der Waals surface area contributed by atoms with Crippen LogP contribution in [0.1, 0.15) is 18.4 Å². The Morgan fingerprint density at radius 1 is 0.491 bits per heavy atom. The van der Waals surface area contributed by atoms with Gasteiger partial charge in [0.05, 0.1) is 22.4 Å². The van der Waals surface area contributed by atoms with Crippen molar-refractivity contribution in [2.24, 2.45) is 5.92 Å². The second-order valence-corrected chi connectivity index (χ2v) is 15.1. The van der Waals surface area contributed by atoms with Gasteiger partial charge in [-0.1, -0.05) is 153 Å². The van der Waals surface area contributed by atoms with Gasteiger partial charge >= 0.3 is 0 Å². The van der Waals surface area contributed by atoms with Crippen LogP contribution in [0.2, 0.25) is 0 Å². The van der Waals surface area contributed by atoms with Gasteiger partial charge in [0.2, 0.25) is 0 Å². The molecule has 1 aliphatic carbocycles. The van der Waals surface area contributed by atoms with Crippen molar-refractivity contribution in [3.63, 3.8) is 0 Å². The minimum absolute atomic E-state index is 0.199. The van der Waals surface area contributed by atoms with Crippen LogP contribution >= 0.6 is 0 Å². The Morgan fingerprint density at radius 2 is 1.11 bits per heavy atom. The van der Waals surface area contributed by atoms with Crippen molar-refractivity contribution in [1.82, 2.24) is 14.5 Å². The highest BCUT2D eigenvalue weighted by Crippen LogP contribution is 2.53. The highest BCUT2D eigenvalue weighted by atomic mass is 15.2. The summed E-state index contributed by atoms with van der Waals surface area (Å²) in [6.45, 7) is 2.33. The molecular weight excluding hydrogens is 693 g/mol. The number of para-hydroxylation sites is 1. The van der Waals surface area contributed by atoms with Crippen LogP contribution in [-0.2, 0) is 0 Å². The molecule has 2 aromatic heterocycles. The van der Waals surface area contributed by atoms with E-state index in [0.717, 1.165) is 28.3 Å². The number of allylic oxidation sites excluding steroid dienone is 4. The third kappa shape index (κ3) is 5.60. The molecule has 0 N–H and O–H groups in total. The average Bonchev–Trinajstić information content (AvgIpc) is 3.80. The van der Waals surface area contributed by atoms with E-state index in [9.17, 15) is 0 Å². The topological polar surface area (TPSA) is 34.0 Å². The first-order valence-electron chi connectivity index (χ1n) is 19.7. The van der Waals surface area contributed by atoms with E-state index in [0.29, 0.717) is 11.7 Å². The Kier molecular flexibility index (Phi) is 7.82. The van der Waals surface area contributed by atoms with E-state index in [1.807, 2.05) is 24.3 Å². The molecule has 0 radical (unpaired) electrons. The summed E-state index contributed by atoms with van der Waals surface area (Å²) >= 11 is 0. The molecule has 1 aliphatic heterocycles. The number of anilines is 2. The van der Waals surface area contributed by atoms with Crippen molar-refractivity contribution in [3.8, 4) is 50.6 Å². The molecule has 9 aromatic rings. The van der Waals surface area contributed by atoms with Crippen LogP contribution in [0.4, 0.5) is 11.5 Å². The first-order chi connectivity index (χ1) is 28.2. The van der Waals surface area contributed by atoms with E-state index in [1.54, 1.807) is 0 Å². The van der Waals surface area contributed by atoms with Crippen molar-refractivity contribution < 1.29 is 0 Å². The zero-order valence-electron chi connectivity index (χ0n) is 31.5. The molecule has 57 heavy (non-hydrogen) atoms. The van der Waals surface area contributed by atoms with Gasteiger partial charge < -0.3 is 4.57 Å². The van der Waals surface area contributed by atoms with E-state index in [-0.39, 0.29) is 5.92 Å². The number of hydrogen-bond acceptors (Lipinski definition) is 3. The standard InChI is InChI=1S/C53H38N4/c1-35-14-13-23-50-52(35)45-33-41(27-31-49(45)57(50)51-34-46(38-17-7-3-8-18-38)54-53(55-51)39-19-9-4-10-20-39)40-26-30-48-44(32-40)43-21-11-12-22-47(43)56(48)42-28-24-37(25-29-42)36-15-5-2-6-16-36/h2-35,52H,1H3. The van der Waals surface area contributed by atoms with Crippen LogP contribution in [0, 0.1) is 5.92 Å². The van der Waals surface area contributed by atoms with Crippen LogP contribution in [-0.4, -0.2) is 14.5 Å². The summed E-state index contributed by atoms with van der Waals surface area (Å²) in [5.74, 6) is 2.11. The first kappa shape index (κ1) is 33.1. The quantitative estimate of drug-likeness (QED) is 0.171. The van der Waals surface area contributed by atoms with E-state index in [4.69, 9.17) is 9.97 Å². The third-order valence-electron chi connectivity index (χ3n) is 11.7. The predicted molar refractivity (Wildman–Crippen MR) is 236 cm³/mol. The SMILES string of the molecule is CC1C=CC=C2C1c1cc(-c3ccc4c(c3)c3ccccc3n4-c3ccc(-c4ccccc4)cc3)ccc1N2c1cc(-c2ccccc2)nc(-c2ccccc2)n1. The van der Waals surface area contributed by atoms with Gasteiger partial charge in [0.15, 0.2) is 5.82 Å². The molecule has 7 aromatic carbocycles. The second kappa shape index (κ2) is 13.5. The van der Waals surface area contributed by atoms with Gasteiger partial charge in [0.1, 0.15) is 5.82 Å². The summed E-state index contributed by atoms with van der Waals surface area (Å²) in [7, 11) is 0. The molecule has 270 valence electrons. The predicted octanol–water partition coefficient (Wildman–Crippen LogP) is 13.6. The number of aromatic nitrogens is 3. The lowest BCUT2D eigenvalue weighted by Crippen LogP contribution is -2.19. The fourth-order valence-electron chi connectivity index (χ4n) is 8.94. The molecule has 2 atom stereocenters. The zero-order valence-corrected chi connectivity index (χ0v) is 31.5. The number of rotatable bonds is 6. The molecular formula is C53H38N4. The smallest absolute Gasteiger partial charge is 0.162 e. The van der Waals surface area contributed by atoms with Gasteiger partial charge in [-0.3, -0.25) is 4.90 Å². The largest absolute Gasteiger partial charge is 0.309 e. The lowest BCUT2D eigenvalue weighted by molar-refractivity contribution is 0.618. The molecule has 0 fully saturated rings. The van der Waals surface area contributed by atoms with Gasteiger partial charge in [-0.05, 0) is 82.3 Å². The summed E-state index contributed by atoms with van der Waals surface area (Å²) in [5.41, 5.74) is 15.1. The average molecular weight is 731 g/mol. The lowest BCUT2D eigenvalue weighted by atomic mass is 9.83. The highest BCUT2D eigenvalue weighted by molar-refractivity contribution is 6.10. The van der Waals surface area contributed by atoms with Crippen molar-refractivity contribution in [1.29, 1.82) is 0 Å². The molecule has 2 aliphatic rings. The summed E-state index contributed by atoms with van der Waals surface area (Å²) in [4.78, 5) is 12.7. The van der Waals surface area contributed by atoms with Gasteiger partial charge in [-0.25, -0.2) is 9.97 Å². The van der Waals surface area contributed by atoms with Gasteiger partial charge in [-0.2, -0.15) is 0 Å². The van der Waals surface area contributed by atoms with Gasteiger partial charge in [-0.15, -0.1) is 0 Å². The number of fused-ring (bicyclic) bond motifs is 6. The Labute approximate surface area is 332 Å². The van der Waals surface area contributed by atoms with Crippen molar-refractivity contribution in [2.45, 2.75) is 12.8 Å². The van der Waals surface area contributed by atoms with E-state index < -0.39 is 0 Å². The molecule has 2 unspecified atom stereocenters. The van der Waals surface area contributed by atoms with Crippen molar-refractivity contribution in [2.75, 3.05) is 4.90 Å². The van der Waals surface area contributed by atoms with Crippen molar-refractivity contribution >= 4 is 33.3 Å². The first-order valence-corrected chi connectivity index (χ1v) is 19.7. The second-order valence-electron chi connectivity index (χ2n) is 15.1. The van der Waals surface area contributed by atoms with Crippen LogP contribution < -0.4 is 4.90 Å². The molecule has 4 heteroatoms. The molecule has 4 nitrogen and oxygen atoms in total. The maximum atomic E-state index is 5.26. The van der Waals surface area contributed by atoms with E-state index in [2.05, 4.69) is 192 Å². The molecule has 0 spiro atoms. The maximum Gasteiger partial charge on any atom is 0.162 e. The Balaban J connectivity index is 1.03. The zero-order chi connectivity index (χ0) is 37.9. The molecule has 0 saturated heterocycles. The minimum atomic E-state index is 0.199. The Bertz CT molecular complexity index is 2960. The van der Waals surface area contributed by atoms with Gasteiger partial charge in [0.25, 0.3) is 0 Å². The minimum Gasteiger partial charge on any atom is -0.309 e. The fourth-order valence-corrected chi connectivity index (χ4v) is 8.94. The Hall–Kier alpha value is -7.30. The normalized spacial score (nSPS) is 15.8. The van der Waals surface area contributed by atoms with Gasteiger partial charge in [0, 0.05) is 45.3 Å². The number of benzene rings is 7. The monoisotopic (exact) mass is 730 g/mol. The molecule has 0 bridgehead atoms. The summed E-state index contributed by atoms with van der Waals surface area (Å²) in [6, 6.07) is 65.1. The summed E-state index contributed by atoms with van der Waals surface area (Å²) in [6.07, 6.45) is 6.79. The lowest BCUT2D eigenvalue weighted by Gasteiger charge is -2.27. The van der Waals surface area contributed by atoms with Crippen LogP contribution in [0.3, 0.4) is 0 Å². The van der Waals surface area contributed by atoms with Crippen molar-refractivity contribution in [3.05, 3.63) is 211 Å². The van der Waals surface area contributed by atoms with Crippen LogP contribution in [0.15, 0.2) is 206 Å². The molecule has 0 saturated carbocycles. The highest BCUT2D eigenvalue weighted by Gasteiger charge is 2.39. The molecule has 0 amide bonds. The fraction of sp³-hybridized carbons (Fsp3) is 0.0566. The third-order valence-corrected chi connectivity index (χ3v) is 11.7.